The molecule has 0 radical (unpaired) electrons. The van der Waals surface area contributed by atoms with E-state index in [0.717, 1.165) is 18.6 Å². The van der Waals surface area contributed by atoms with E-state index in [9.17, 15) is 0 Å². The van der Waals surface area contributed by atoms with Crippen LogP contribution in [0.25, 0.3) is 0 Å². The van der Waals surface area contributed by atoms with Crippen LogP contribution in [0.15, 0.2) is 22.8 Å². The smallest absolute Gasteiger partial charge is 0.322 e. The minimum Gasteiger partial charge on any atom is -0.469 e. The average Bonchev–Trinajstić information content (AvgIpc) is 2.87. The van der Waals surface area contributed by atoms with Crippen molar-refractivity contribution >= 4 is 17.5 Å². The lowest BCUT2D eigenvalue weighted by Crippen LogP contribution is -2.19. The van der Waals surface area contributed by atoms with E-state index < -0.39 is 0 Å². The fourth-order valence-corrected chi connectivity index (χ4v) is 1.92. The van der Waals surface area contributed by atoms with E-state index in [4.69, 9.17) is 20.8 Å². The van der Waals surface area contributed by atoms with Crippen molar-refractivity contribution in [3.05, 3.63) is 29.4 Å². The van der Waals surface area contributed by atoms with E-state index in [2.05, 4.69) is 20.3 Å². The second kappa shape index (κ2) is 7.26. The maximum Gasteiger partial charge on any atom is 0.322 e. The Morgan fingerprint density at radius 2 is 2.10 bits per heavy atom. The molecule has 21 heavy (non-hydrogen) atoms. The van der Waals surface area contributed by atoms with Crippen LogP contribution in [0.2, 0.25) is 5.28 Å². The summed E-state index contributed by atoms with van der Waals surface area (Å²) in [5.74, 6) is 1.37. The number of rotatable bonds is 7. The molecule has 2 aromatic heterocycles. The van der Waals surface area contributed by atoms with Gasteiger partial charge in [0.05, 0.1) is 12.4 Å². The minimum absolute atomic E-state index is 0.0207. The van der Waals surface area contributed by atoms with Crippen molar-refractivity contribution in [1.29, 1.82) is 0 Å². The first kappa shape index (κ1) is 15.6. The summed E-state index contributed by atoms with van der Waals surface area (Å²) in [4.78, 5) is 12.2. The summed E-state index contributed by atoms with van der Waals surface area (Å²) >= 11 is 5.88. The highest BCUT2D eigenvalue weighted by atomic mass is 35.5. The molecule has 0 aliphatic rings. The Labute approximate surface area is 128 Å². The maximum absolute atomic E-state index is 5.88. The van der Waals surface area contributed by atoms with Crippen LogP contribution < -0.4 is 10.1 Å². The predicted octanol–water partition coefficient (Wildman–Crippen LogP) is 3.34. The molecule has 0 fully saturated rings. The maximum atomic E-state index is 5.88. The third-order valence-electron chi connectivity index (χ3n) is 2.71. The van der Waals surface area contributed by atoms with Gasteiger partial charge in [-0.15, -0.1) is 0 Å². The quantitative estimate of drug-likeness (QED) is 0.845. The first-order chi connectivity index (χ1) is 10.0. The van der Waals surface area contributed by atoms with E-state index in [0.29, 0.717) is 5.95 Å². The third kappa shape index (κ3) is 5.23. The molecule has 1 unspecified atom stereocenters. The number of hydrogen-bond acceptors (Lipinski definition) is 6. The number of aromatic nitrogens is 3. The van der Waals surface area contributed by atoms with Gasteiger partial charge in [-0.1, -0.05) is 0 Å². The monoisotopic (exact) mass is 310 g/mol. The predicted molar refractivity (Wildman–Crippen MR) is 80.7 cm³/mol. The number of nitrogens with one attached hydrogen (secondary N) is 1. The highest BCUT2D eigenvalue weighted by molar-refractivity contribution is 6.28. The Hall–Kier alpha value is -1.82. The van der Waals surface area contributed by atoms with E-state index in [-0.39, 0.29) is 23.4 Å². The lowest BCUT2D eigenvalue weighted by molar-refractivity contribution is 0.222. The number of furan rings is 1. The third-order valence-corrected chi connectivity index (χ3v) is 2.88. The molecular weight excluding hydrogens is 292 g/mol. The van der Waals surface area contributed by atoms with Gasteiger partial charge < -0.3 is 14.5 Å². The molecule has 0 saturated heterocycles. The Bertz CT molecular complexity index is 560. The molecule has 6 nitrogen and oxygen atoms in total. The topological polar surface area (TPSA) is 73.1 Å². The average molecular weight is 311 g/mol. The first-order valence-corrected chi connectivity index (χ1v) is 7.28. The molecule has 0 saturated carbocycles. The fourth-order valence-electron chi connectivity index (χ4n) is 1.77. The summed E-state index contributed by atoms with van der Waals surface area (Å²) in [5, 5.41) is 3.30. The van der Waals surface area contributed by atoms with Gasteiger partial charge in [0.1, 0.15) is 5.76 Å². The van der Waals surface area contributed by atoms with Gasteiger partial charge in [0.2, 0.25) is 11.2 Å². The van der Waals surface area contributed by atoms with Gasteiger partial charge >= 0.3 is 6.01 Å². The van der Waals surface area contributed by atoms with Gasteiger partial charge in [-0.25, -0.2) is 0 Å². The van der Waals surface area contributed by atoms with Crippen molar-refractivity contribution in [3.8, 4) is 6.01 Å². The molecule has 0 aromatic carbocycles. The molecule has 2 heterocycles. The highest BCUT2D eigenvalue weighted by Gasteiger charge is 2.10. The van der Waals surface area contributed by atoms with Crippen molar-refractivity contribution in [2.24, 2.45) is 0 Å². The van der Waals surface area contributed by atoms with Crippen molar-refractivity contribution < 1.29 is 9.15 Å². The molecule has 2 rings (SSSR count). The summed E-state index contributed by atoms with van der Waals surface area (Å²) in [6.07, 6.45) is 3.38. The van der Waals surface area contributed by atoms with Gasteiger partial charge in [0.15, 0.2) is 0 Å². The number of nitrogens with zero attached hydrogens (tertiary/aromatic N) is 3. The highest BCUT2D eigenvalue weighted by Crippen LogP contribution is 2.14. The summed E-state index contributed by atoms with van der Waals surface area (Å²) < 4.78 is 10.7. The summed E-state index contributed by atoms with van der Waals surface area (Å²) in [7, 11) is 0. The van der Waals surface area contributed by atoms with Crippen LogP contribution in [0, 0.1) is 0 Å². The molecule has 0 aliphatic carbocycles. The summed E-state index contributed by atoms with van der Waals surface area (Å²) in [6, 6.07) is 4.24. The number of aryl methyl sites for hydroxylation is 1. The zero-order valence-electron chi connectivity index (χ0n) is 12.3. The standard InChI is InChI=1S/C14H19ClN4O2/c1-9(2)21-14-18-12(15)17-13(19-14)16-10(3)6-7-11-5-4-8-20-11/h4-5,8-10H,6-7H2,1-3H3,(H,16,17,18,19). The molecule has 7 heteroatoms. The van der Waals surface area contributed by atoms with Crippen LogP contribution in [0.3, 0.4) is 0 Å². The van der Waals surface area contributed by atoms with E-state index in [1.54, 1.807) is 6.26 Å². The number of anilines is 1. The van der Waals surface area contributed by atoms with Crippen molar-refractivity contribution in [2.75, 3.05) is 5.32 Å². The van der Waals surface area contributed by atoms with Crippen LogP contribution in [-0.4, -0.2) is 27.1 Å². The van der Waals surface area contributed by atoms with Crippen molar-refractivity contribution in [1.82, 2.24) is 15.0 Å². The Kier molecular flexibility index (Phi) is 5.38. The lowest BCUT2D eigenvalue weighted by atomic mass is 10.1. The van der Waals surface area contributed by atoms with Crippen molar-refractivity contribution in [3.63, 3.8) is 0 Å². The number of hydrogen-bond donors (Lipinski definition) is 1. The SMILES string of the molecule is CC(CCc1ccco1)Nc1nc(Cl)nc(OC(C)C)n1. The lowest BCUT2D eigenvalue weighted by Gasteiger charge is -2.14. The Morgan fingerprint density at radius 1 is 1.29 bits per heavy atom. The minimum atomic E-state index is -0.0207. The number of ether oxygens (including phenoxy) is 1. The normalized spacial score (nSPS) is 12.4. The van der Waals surface area contributed by atoms with Gasteiger partial charge in [-0.2, -0.15) is 15.0 Å². The summed E-state index contributed by atoms with van der Waals surface area (Å²) in [6.45, 7) is 5.84. The second-order valence-electron chi connectivity index (χ2n) is 5.04. The van der Waals surface area contributed by atoms with Crippen LogP contribution in [0.5, 0.6) is 6.01 Å². The molecule has 114 valence electrons. The van der Waals surface area contributed by atoms with E-state index in [1.807, 2.05) is 32.9 Å². The zero-order valence-corrected chi connectivity index (χ0v) is 13.1. The Morgan fingerprint density at radius 3 is 2.76 bits per heavy atom. The van der Waals surface area contributed by atoms with Crippen LogP contribution in [-0.2, 0) is 6.42 Å². The molecule has 1 atom stereocenters. The molecule has 1 N–H and O–H groups in total. The second-order valence-corrected chi connectivity index (χ2v) is 5.38. The van der Waals surface area contributed by atoms with Gasteiger partial charge in [0.25, 0.3) is 0 Å². The molecule has 0 amide bonds. The van der Waals surface area contributed by atoms with E-state index in [1.165, 1.54) is 0 Å². The van der Waals surface area contributed by atoms with Gasteiger partial charge in [-0.05, 0) is 50.9 Å². The first-order valence-electron chi connectivity index (χ1n) is 6.90. The molecule has 0 bridgehead atoms. The van der Waals surface area contributed by atoms with Gasteiger partial charge in [-0.3, -0.25) is 0 Å². The zero-order chi connectivity index (χ0) is 15.2. The molecule has 0 spiro atoms. The van der Waals surface area contributed by atoms with Crippen LogP contribution in [0.1, 0.15) is 33.0 Å². The molecule has 2 aromatic rings. The van der Waals surface area contributed by atoms with Gasteiger partial charge in [0, 0.05) is 12.5 Å². The van der Waals surface area contributed by atoms with Crippen LogP contribution in [0.4, 0.5) is 5.95 Å². The molecular formula is C14H19ClN4O2. The molecule has 0 aliphatic heterocycles. The largest absolute Gasteiger partial charge is 0.469 e. The number of halogens is 1. The fraction of sp³-hybridized carbons (Fsp3) is 0.500. The Balaban J connectivity index is 1.93. The van der Waals surface area contributed by atoms with Crippen LogP contribution >= 0.6 is 11.6 Å². The van der Waals surface area contributed by atoms with E-state index >= 15 is 0 Å². The summed E-state index contributed by atoms with van der Waals surface area (Å²) in [5.41, 5.74) is 0. The van der Waals surface area contributed by atoms with Crippen molar-refractivity contribution in [2.45, 2.75) is 45.8 Å².